The largest absolute Gasteiger partial charge is 0.309 e. The summed E-state index contributed by atoms with van der Waals surface area (Å²) >= 11 is 6.27. The Bertz CT molecular complexity index is 626. The molecule has 2 aromatic rings. The monoisotopic (exact) mass is 344 g/mol. The third-order valence-corrected chi connectivity index (χ3v) is 5.17. The van der Waals surface area contributed by atoms with Gasteiger partial charge in [0.25, 0.3) is 0 Å². The molecule has 2 heterocycles. The molecule has 4 nitrogen and oxygen atoms in total. The van der Waals surface area contributed by atoms with Gasteiger partial charge in [-0.05, 0) is 56.9 Å². The van der Waals surface area contributed by atoms with Crippen LogP contribution in [0.15, 0.2) is 42.9 Å². The van der Waals surface area contributed by atoms with Crippen LogP contribution in [0.25, 0.3) is 0 Å². The van der Waals surface area contributed by atoms with Crippen LogP contribution >= 0.6 is 11.6 Å². The van der Waals surface area contributed by atoms with Gasteiger partial charge in [0, 0.05) is 36.2 Å². The predicted molar refractivity (Wildman–Crippen MR) is 97.9 cm³/mol. The van der Waals surface area contributed by atoms with Crippen LogP contribution in [0.5, 0.6) is 0 Å². The highest BCUT2D eigenvalue weighted by Crippen LogP contribution is 2.22. The quantitative estimate of drug-likeness (QED) is 0.867. The molecule has 5 heteroatoms. The molecule has 1 aliphatic heterocycles. The van der Waals surface area contributed by atoms with Crippen molar-refractivity contribution < 1.29 is 0 Å². The van der Waals surface area contributed by atoms with Crippen LogP contribution in [-0.4, -0.2) is 34.5 Å². The predicted octanol–water partition coefficient (Wildman–Crippen LogP) is 3.69. The van der Waals surface area contributed by atoms with Gasteiger partial charge in [-0.3, -0.25) is 14.9 Å². The molecule has 1 atom stereocenters. The Morgan fingerprint density at radius 1 is 1.25 bits per heavy atom. The van der Waals surface area contributed by atoms with Gasteiger partial charge in [0.1, 0.15) is 0 Å². The van der Waals surface area contributed by atoms with Gasteiger partial charge in [-0.2, -0.15) is 0 Å². The summed E-state index contributed by atoms with van der Waals surface area (Å²) in [5.74, 6) is 0.728. The molecule has 24 heavy (non-hydrogen) atoms. The molecule has 1 aromatic heterocycles. The molecule has 0 aliphatic carbocycles. The van der Waals surface area contributed by atoms with E-state index in [1.165, 1.54) is 18.4 Å². The summed E-state index contributed by atoms with van der Waals surface area (Å²) in [5.41, 5.74) is 2.24. The lowest BCUT2D eigenvalue weighted by Gasteiger charge is -2.32. The average molecular weight is 345 g/mol. The number of aromatic nitrogens is 2. The summed E-state index contributed by atoms with van der Waals surface area (Å²) in [6, 6.07) is 8.40. The number of nitrogens with one attached hydrogen (secondary N) is 1. The van der Waals surface area contributed by atoms with E-state index in [1.807, 2.05) is 18.3 Å². The summed E-state index contributed by atoms with van der Waals surface area (Å²) < 4.78 is 0. The Morgan fingerprint density at radius 2 is 2.04 bits per heavy atom. The molecule has 0 spiro atoms. The highest BCUT2D eigenvalue weighted by Gasteiger charge is 2.20. The van der Waals surface area contributed by atoms with Crippen LogP contribution in [0.3, 0.4) is 0 Å². The van der Waals surface area contributed by atoms with Gasteiger partial charge in [-0.25, -0.2) is 0 Å². The topological polar surface area (TPSA) is 41.0 Å². The lowest BCUT2D eigenvalue weighted by atomic mass is 9.96. The maximum atomic E-state index is 6.27. The SMILES string of the molecule is C[C@@H](NCC1CCN(Cc2ccccc2Cl)CC1)c1cnccn1. The van der Waals surface area contributed by atoms with E-state index in [-0.39, 0.29) is 6.04 Å². The maximum Gasteiger partial charge on any atom is 0.0753 e. The van der Waals surface area contributed by atoms with Gasteiger partial charge in [-0.1, -0.05) is 29.8 Å². The molecule has 128 valence electrons. The summed E-state index contributed by atoms with van der Waals surface area (Å²) in [6.45, 7) is 6.41. The molecule has 0 bridgehead atoms. The minimum absolute atomic E-state index is 0.250. The van der Waals surface area contributed by atoms with Gasteiger partial charge in [0.05, 0.1) is 5.69 Å². The summed E-state index contributed by atoms with van der Waals surface area (Å²) in [5, 5.41) is 4.47. The molecule has 0 saturated carbocycles. The van der Waals surface area contributed by atoms with Crippen LogP contribution in [0, 0.1) is 5.92 Å². The Balaban J connectivity index is 1.42. The Hall–Kier alpha value is -1.49. The zero-order valence-electron chi connectivity index (χ0n) is 14.2. The molecule has 0 unspecified atom stereocenters. The summed E-state index contributed by atoms with van der Waals surface area (Å²) in [6.07, 6.45) is 7.75. The molecule has 1 fully saturated rings. The number of rotatable bonds is 6. The normalized spacial score (nSPS) is 17.8. The van der Waals surface area contributed by atoms with Crippen molar-refractivity contribution >= 4 is 11.6 Å². The van der Waals surface area contributed by atoms with Crippen LogP contribution in [0.4, 0.5) is 0 Å². The number of piperidine rings is 1. The number of benzene rings is 1. The summed E-state index contributed by atoms with van der Waals surface area (Å²) in [4.78, 5) is 11.0. The second-order valence-corrected chi connectivity index (χ2v) is 6.98. The smallest absolute Gasteiger partial charge is 0.0753 e. The van der Waals surface area contributed by atoms with E-state index < -0.39 is 0 Å². The molecule has 1 N–H and O–H groups in total. The Morgan fingerprint density at radius 3 is 2.75 bits per heavy atom. The molecular weight excluding hydrogens is 320 g/mol. The van der Waals surface area contributed by atoms with Crippen LogP contribution in [0.2, 0.25) is 5.02 Å². The highest BCUT2D eigenvalue weighted by atomic mass is 35.5. The fourth-order valence-electron chi connectivity index (χ4n) is 3.20. The second kappa shape index (κ2) is 8.56. The molecule has 0 amide bonds. The third kappa shape index (κ3) is 4.76. The molecular formula is C19H25ClN4. The van der Waals surface area contributed by atoms with Crippen molar-refractivity contribution in [1.29, 1.82) is 0 Å². The van der Waals surface area contributed by atoms with E-state index >= 15 is 0 Å². The minimum Gasteiger partial charge on any atom is -0.309 e. The van der Waals surface area contributed by atoms with E-state index in [0.717, 1.165) is 42.8 Å². The lowest BCUT2D eigenvalue weighted by molar-refractivity contribution is 0.173. The fourth-order valence-corrected chi connectivity index (χ4v) is 3.39. The van der Waals surface area contributed by atoms with Crippen molar-refractivity contribution in [2.75, 3.05) is 19.6 Å². The first-order chi connectivity index (χ1) is 11.7. The first kappa shape index (κ1) is 17.3. The molecule has 0 radical (unpaired) electrons. The average Bonchev–Trinajstić information content (AvgIpc) is 2.63. The van der Waals surface area contributed by atoms with Crippen molar-refractivity contribution in [3.63, 3.8) is 0 Å². The molecule has 1 aromatic carbocycles. The van der Waals surface area contributed by atoms with Crippen molar-refractivity contribution in [1.82, 2.24) is 20.2 Å². The maximum absolute atomic E-state index is 6.27. The zero-order valence-corrected chi connectivity index (χ0v) is 14.9. The van der Waals surface area contributed by atoms with E-state index in [2.05, 4.69) is 39.2 Å². The number of likely N-dealkylation sites (tertiary alicyclic amines) is 1. The standard InChI is InChI=1S/C19H25ClN4/c1-15(19-13-21-8-9-22-19)23-12-16-6-10-24(11-7-16)14-17-4-2-3-5-18(17)20/h2-5,8-9,13,15-16,23H,6-7,10-12,14H2,1H3/t15-/m1/s1. The first-order valence-corrected chi connectivity index (χ1v) is 9.05. The van der Waals surface area contributed by atoms with Crippen molar-refractivity contribution in [2.45, 2.75) is 32.4 Å². The molecule has 3 rings (SSSR count). The number of hydrogen-bond acceptors (Lipinski definition) is 4. The Labute approximate surface area is 149 Å². The van der Waals surface area contributed by atoms with Gasteiger partial charge in [0.15, 0.2) is 0 Å². The number of nitrogens with zero attached hydrogens (tertiary/aromatic N) is 3. The number of halogens is 1. The lowest BCUT2D eigenvalue weighted by Crippen LogP contribution is -2.37. The van der Waals surface area contributed by atoms with Crippen LogP contribution in [-0.2, 0) is 6.54 Å². The summed E-state index contributed by atoms with van der Waals surface area (Å²) in [7, 11) is 0. The highest BCUT2D eigenvalue weighted by molar-refractivity contribution is 6.31. The van der Waals surface area contributed by atoms with Crippen molar-refractivity contribution in [2.24, 2.45) is 5.92 Å². The first-order valence-electron chi connectivity index (χ1n) is 8.67. The van der Waals surface area contributed by atoms with Gasteiger partial charge >= 0.3 is 0 Å². The van der Waals surface area contributed by atoms with Crippen molar-refractivity contribution in [3.05, 3.63) is 59.1 Å². The van der Waals surface area contributed by atoms with E-state index in [1.54, 1.807) is 12.4 Å². The van der Waals surface area contributed by atoms with E-state index in [9.17, 15) is 0 Å². The Kier molecular flexibility index (Phi) is 6.18. The van der Waals surface area contributed by atoms with Gasteiger partial charge < -0.3 is 5.32 Å². The fraction of sp³-hybridized carbons (Fsp3) is 0.474. The van der Waals surface area contributed by atoms with Gasteiger partial charge in [0.2, 0.25) is 0 Å². The van der Waals surface area contributed by atoms with Crippen LogP contribution < -0.4 is 5.32 Å². The number of hydrogen-bond donors (Lipinski definition) is 1. The zero-order chi connectivity index (χ0) is 16.8. The molecule has 1 aliphatic rings. The van der Waals surface area contributed by atoms with E-state index in [0.29, 0.717) is 0 Å². The minimum atomic E-state index is 0.250. The second-order valence-electron chi connectivity index (χ2n) is 6.57. The third-order valence-electron chi connectivity index (χ3n) is 4.80. The van der Waals surface area contributed by atoms with E-state index in [4.69, 9.17) is 11.6 Å². The molecule has 1 saturated heterocycles. The van der Waals surface area contributed by atoms with Crippen LogP contribution in [0.1, 0.15) is 37.1 Å². The van der Waals surface area contributed by atoms with Gasteiger partial charge in [-0.15, -0.1) is 0 Å². The van der Waals surface area contributed by atoms with Crippen molar-refractivity contribution in [3.8, 4) is 0 Å².